The maximum atomic E-state index is 12.4. The van der Waals surface area contributed by atoms with Gasteiger partial charge in [-0.15, -0.1) is 0 Å². The highest BCUT2D eigenvalue weighted by Gasteiger charge is 2.35. The summed E-state index contributed by atoms with van der Waals surface area (Å²) in [5.41, 5.74) is 0.194. The van der Waals surface area contributed by atoms with Gasteiger partial charge in [-0.2, -0.15) is 13.2 Å². The van der Waals surface area contributed by atoms with Crippen LogP contribution >= 0.6 is 0 Å². The number of Topliss-reactive ketones (excluding diaryl/α,β-unsaturated/α-hetero) is 2. The molecule has 0 aliphatic heterocycles. The molecule has 0 saturated heterocycles. The lowest BCUT2D eigenvalue weighted by Gasteiger charge is -2.14. The number of methoxy groups -OCH3 is 1. The quantitative estimate of drug-likeness (QED) is 0.313. The van der Waals surface area contributed by atoms with E-state index in [1.165, 1.54) is 31.0 Å². The third-order valence-electron chi connectivity index (χ3n) is 3.76. The monoisotopic (exact) mass is 347 g/mol. The highest BCUT2D eigenvalue weighted by molar-refractivity contribution is 6.43. The van der Waals surface area contributed by atoms with Crippen LogP contribution in [-0.2, 0) is 16.6 Å². The lowest BCUT2D eigenvalue weighted by molar-refractivity contribution is -0.171. The number of aromatic nitrogens is 1. The zero-order chi connectivity index (χ0) is 18.5. The molecule has 0 N–H and O–H groups in total. The van der Waals surface area contributed by atoms with Crippen molar-refractivity contribution in [3.8, 4) is 0 Å². The lowest BCUT2D eigenvalue weighted by atomic mass is 10.0. The number of nitrogens with zero attached hydrogens (tertiary/aromatic N) is 1. The summed E-state index contributed by atoms with van der Waals surface area (Å²) in [5.74, 6) is -3.51. The van der Waals surface area contributed by atoms with Crippen molar-refractivity contribution < 1.29 is 32.3 Å². The van der Waals surface area contributed by atoms with Crippen LogP contribution < -0.4 is 0 Å². The summed E-state index contributed by atoms with van der Waals surface area (Å²) >= 11 is 0. The number of hydrogen-bond donors (Lipinski definition) is 0. The van der Waals surface area contributed by atoms with Gasteiger partial charge in [0.15, 0.2) is 0 Å². The summed E-state index contributed by atoms with van der Waals surface area (Å²) in [6.45, 7) is 1.09. The third-order valence-corrected chi connectivity index (χ3v) is 3.76. The Morgan fingerprint density at radius 1 is 1.25 bits per heavy atom. The lowest BCUT2D eigenvalue weighted by Crippen LogP contribution is -2.20. The van der Waals surface area contributed by atoms with E-state index < -0.39 is 29.6 Å². The molecule has 1 heterocycles. The highest BCUT2D eigenvalue weighted by atomic mass is 19.4. The van der Waals surface area contributed by atoms with Gasteiger partial charge < -0.3 is 9.30 Å². The number of ketones is 2. The van der Waals surface area contributed by atoms with Gasteiger partial charge in [-0.3, -0.25) is 9.59 Å². The standard InChI is InChI=1S/C16H20F3NO4/c1-10(16(17,18)19)6-4-5-7-13(21)14(22)12-8-11(9-20(12)2)15(23)24-3/h8-10H,4-7H2,1-3H3/t10-/m1/s1. The molecule has 134 valence electrons. The van der Waals surface area contributed by atoms with E-state index in [2.05, 4.69) is 4.74 Å². The van der Waals surface area contributed by atoms with Crippen molar-refractivity contribution in [1.29, 1.82) is 0 Å². The second-order valence-electron chi connectivity index (χ2n) is 5.66. The van der Waals surface area contributed by atoms with Gasteiger partial charge in [-0.05, 0) is 18.9 Å². The normalized spacial score (nSPS) is 12.8. The minimum atomic E-state index is -4.24. The SMILES string of the molecule is COC(=O)c1cc(C(=O)C(=O)CCCC[C@@H](C)C(F)(F)F)n(C)c1. The van der Waals surface area contributed by atoms with E-state index in [9.17, 15) is 27.6 Å². The number of carbonyl (C=O) groups excluding carboxylic acids is 3. The number of esters is 1. The average Bonchev–Trinajstić information content (AvgIpc) is 2.90. The number of rotatable bonds is 8. The third kappa shape index (κ3) is 5.21. The number of hydrogen-bond acceptors (Lipinski definition) is 4. The highest BCUT2D eigenvalue weighted by Crippen LogP contribution is 2.29. The van der Waals surface area contributed by atoms with Crippen LogP contribution in [0.15, 0.2) is 12.3 Å². The largest absolute Gasteiger partial charge is 0.465 e. The van der Waals surface area contributed by atoms with Gasteiger partial charge in [-0.1, -0.05) is 13.3 Å². The summed E-state index contributed by atoms with van der Waals surface area (Å²) < 4.78 is 43.0. The predicted octanol–water partition coefficient (Wildman–Crippen LogP) is 3.32. The first-order valence-corrected chi connectivity index (χ1v) is 7.46. The minimum Gasteiger partial charge on any atom is -0.465 e. The van der Waals surface area contributed by atoms with Crippen molar-refractivity contribution >= 4 is 17.5 Å². The van der Waals surface area contributed by atoms with Crippen molar-refractivity contribution in [3.05, 3.63) is 23.5 Å². The Morgan fingerprint density at radius 3 is 2.42 bits per heavy atom. The minimum absolute atomic E-state index is 0.0454. The molecule has 0 radical (unpaired) electrons. The maximum absolute atomic E-state index is 12.4. The van der Waals surface area contributed by atoms with Crippen LogP contribution in [-0.4, -0.2) is 35.4 Å². The molecule has 8 heteroatoms. The summed E-state index contributed by atoms with van der Waals surface area (Å²) in [5, 5.41) is 0. The summed E-state index contributed by atoms with van der Waals surface area (Å²) in [6, 6.07) is 1.26. The zero-order valence-electron chi connectivity index (χ0n) is 13.8. The van der Waals surface area contributed by atoms with E-state index in [1.54, 1.807) is 0 Å². The molecule has 0 aromatic carbocycles. The molecule has 0 spiro atoms. The van der Waals surface area contributed by atoms with Crippen molar-refractivity contribution in [2.45, 2.75) is 38.8 Å². The van der Waals surface area contributed by atoms with Crippen LogP contribution in [0.3, 0.4) is 0 Å². The molecule has 1 rings (SSSR count). The molecule has 0 saturated carbocycles. The molecule has 5 nitrogen and oxygen atoms in total. The Hall–Kier alpha value is -2.12. The second kappa shape index (κ2) is 8.12. The van der Waals surface area contributed by atoms with Gasteiger partial charge in [0.2, 0.25) is 11.6 Å². The Kier molecular flexibility index (Phi) is 6.74. The van der Waals surface area contributed by atoms with E-state index in [0.29, 0.717) is 0 Å². The van der Waals surface area contributed by atoms with E-state index >= 15 is 0 Å². The van der Waals surface area contributed by atoms with Crippen molar-refractivity contribution in [1.82, 2.24) is 4.57 Å². The van der Waals surface area contributed by atoms with E-state index in [4.69, 9.17) is 0 Å². The second-order valence-corrected chi connectivity index (χ2v) is 5.66. The number of unbranched alkanes of at least 4 members (excludes halogenated alkanes) is 1. The van der Waals surface area contributed by atoms with Crippen LogP contribution in [0.5, 0.6) is 0 Å². The number of ether oxygens (including phenoxy) is 1. The molecule has 0 fully saturated rings. The van der Waals surface area contributed by atoms with E-state index in [-0.39, 0.29) is 36.9 Å². The first kappa shape index (κ1) is 19.9. The van der Waals surface area contributed by atoms with E-state index in [1.807, 2.05) is 0 Å². The van der Waals surface area contributed by atoms with E-state index in [0.717, 1.165) is 6.92 Å². The van der Waals surface area contributed by atoms with Gasteiger partial charge in [0.05, 0.1) is 24.3 Å². The van der Waals surface area contributed by atoms with Gasteiger partial charge in [-0.25, -0.2) is 4.79 Å². The average molecular weight is 347 g/mol. The van der Waals surface area contributed by atoms with Crippen molar-refractivity contribution in [2.24, 2.45) is 13.0 Å². The Morgan fingerprint density at radius 2 is 1.88 bits per heavy atom. The number of aryl methyl sites for hydroxylation is 1. The molecule has 24 heavy (non-hydrogen) atoms. The molecule has 0 aliphatic carbocycles. The van der Waals surface area contributed by atoms with Gasteiger partial charge in [0.1, 0.15) is 0 Å². The van der Waals surface area contributed by atoms with Crippen molar-refractivity contribution in [3.63, 3.8) is 0 Å². The molecule has 0 unspecified atom stereocenters. The van der Waals surface area contributed by atoms with Gasteiger partial charge >= 0.3 is 12.1 Å². The van der Waals surface area contributed by atoms with Gasteiger partial charge in [0.25, 0.3) is 0 Å². The number of halogens is 3. The molecule has 0 amide bonds. The molecule has 1 atom stereocenters. The Labute approximate surface area is 137 Å². The molecule has 1 aromatic rings. The summed E-state index contributed by atoms with van der Waals surface area (Å²) in [7, 11) is 2.71. The summed E-state index contributed by atoms with van der Waals surface area (Å²) in [6.07, 6.45) is -2.66. The molecule has 0 bridgehead atoms. The molecule has 0 aliphatic rings. The fourth-order valence-corrected chi connectivity index (χ4v) is 2.18. The fraction of sp³-hybridized carbons (Fsp3) is 0.562. The Bertz CT molecular complexity index is 619. The first-order valence-electron chi connectivity index (χ1n) is 7.46. The van der Waals surface area contributed by atoms with Crippen molar-refractivity contribution in [2.75, 3.05) is 7.11 Å². The van der Waals surface area contributed by atoms with Crippen LogP contribution in [0.1, 0.15) is 53.5 Å². The maximum Gasteiger partial charge on any atom is 0.391 e. The molecular formula is C16H20F3NO4. The van der Waals surface area contributed by atoms with Crippen LogP contribution in [0.25, 0.3) is 0 Å². The zero-order valence-corrected chi connectivity index (χ0v) is 13.8. The Balaban J connectivity index is 2.56. The van der Waals surface area contributed by atoms with Crippen LogP contribution in [0.4, 0.5) is 13.2 Å². The van der Waals surface area contributed by atoms with Gasteiger partial charge in [0, 0.05) is 19.7 Å². The number of carbonyl (C=O) groups is 3. The smallest absolute Gasteiger partial charge is 0.391 e. The first-order chi connectivity index (χ1) is 11.1. The fourth-order valence-electron chi connectivity index (χ4n) is 2.18. The molecular weight excluding hydrogens is 327 g/mol. The predicted molar refractivity (Wildman–Crippen MR) is 79.8 cm³/mol. The number of alkyl halides is 3. The molecule has 1 aromatic heterocycles. The summed E-state index contributed by atoms with van der Waals surface area (Å²) in [4.78, 5) is 35.4. The topological polar surface area (TPSA) is 65.4 Å². The van der Waals surface area contributed by atoms with Crippen LogP contribution in [0.2, 0.25) is 0 Å². The van der Waals surface area contributed by atoms with Crippen LogP contribution in [0, 0.1) is 5.92 Å².